The molecule has 0 spiro atoms. The van der Waals surface area contributed by atoms with Crippen LogP contribution in [0.15, 0.2) is 12.2 Å². The Labute approximate surface area is 139 Å². The van der Waals surface area contributed by atoms with Crippen molar-refractivity contribution in [3.8, 4) is 0 Å². The lowest BCUT2D eigenvalue weighted by molar-refractivity contribution is -0.152. The highest BCUT2D eigenvalue weighted by atomic mass is 16.6. The summed E-state index contributed by atoms with van der Waals surface area (Å²) in [6.45, 7) is 3.72. The lowest BCUT2D eigenvalue weighted by Crippen LogP contribution is -2.22. The van der Waals surface area contributed by atoms with E-state index in [0.29, 0.717) is 0 Å². The number of hydrogen-bond donors (Lipinski definition) is 0. The standard InChI is InChI=1S/C19H30O4/c1-15(19(21)23-17-12-8-4-5-9-13-17)14-18(20)22-16-10-6-2-3-7-11-16/h16-17H,1-14H2. The highest BCUT2D eigenvalue weighted by Crippen LogP contribution is 2.22. The number of carbonyl (C=O) groups is 2. The van der Waals surface area contributed by atoms with Crippen LogP contribution >= 0.6 is 0 Å². The molecule has 0 unspecified atom stereocenters. The Morgan fingerprint density at radius 2 is 1.17 bits per heavy atom. The molecule has 0 radical (unpaired) electrons. The van der Waals surface area contributed by atoms with Gasteiger partial charge >= 0.3 is 11.9 Å². The summed E-state index contributed by atoms with van der Waals surface area (Å²) in [6, 6.07) is 0. The van der Waals surface area contributed by atoms with Gasteiger partial charge in [0.15, 0.2) is 0 Å². The topological polar surface area (TPSA) is 52.6 Å². The maximum atomic E-state index is 12.1. The lowest BCUT2D eigenvalue weighted by Gasteiger charge is -2.18. The van der Waals surface area contributed by atoms with Gasteiger partial charge in [-0.1, -0.05) is 32.3 Å². The minimum Gasteiger partial charge on any atom is -0.462 e. The normalized spacial score (nSPS) is 21.0. The number of hydrogen-bond acceptors (Lipinski definition) is 4. The van der Waals surface area contributed by atoms with Crippen LogP contribution in [0.1, 0.15) is 83.5 Å². The molecule has 4 nitrogen and oxygen atoms in total. The Kier molecular flexibility index (Phi) is 7.63. The Hall–Kier alpha value is -1.32. The highest BCUT2D eigenvalue weighted by molar-refractivity contribution is 5.93. The van der Waals surface area contributed by atoms with E-state index in [2.05, 4.69) is 6.58 Å². The summed E-state index contributed by atoms with van der Waals surface area (Å²) in [7, 11) is 0. The number of esters is 2. The molecule has 2 rings (SSSR count). The average molecular weight is 322 g/mol. The molecule has 23 heavy (non-hydrogen) atoms. The van der Waals surface area contributed by atoms with Crippen LogP contribution < -0.4 is 0 Å². The van der Waals surface area contributed by atoms with Gasteiger partial charge in [-0.05, 0) is 51.4 Å². The maximum absolute atomic E-state index is 12.1. The molecule has 2 aliphatic rings. The quantitative estimate of drug-likeness (QED) is 0.426. The number of rotatable bonds is 5. The Morgan fingerprint density at radius 3 is 1.65 bits per heavy atom. The average Bonchev–Trinajstić information content (AvgIpc) is 2.92. The third-order valence-electron chi connectivity index (χ3n) is 4.82. The first-order valence-corrected chi connectivity index (χ1v) is 9.23. The molecule has 0 aliphatic heterocycles. The molecule has 0 aromatic carbocycles. The van der Waals surface area contributed by atoms with Crippen molar-refractivity contribution in [1.29, 1.82) is 0 Å². The smallest absolute Gasteiger partial charge is 0.334 e. The van der Waals surface area contributed by atoms with Crippen LogP contribution in [-0.2, 0) is 19.1 Å². The molecule has 4 heteroatoms. The van der Waals surface area contributed by atoms with E-state index >= 15 is 0 Å². The fraction of sp³-hybridized carbons (Fsp3) is 0.789. The van der Waals surface area contributed by atoms with Gasteiger partial charge in [-0.3, -0.25) is 4.79 Å². The molecular formula is C19H30O4. The Balaban J connectivity index is 1.71. The van der Waals surface area contributed by atoms with Crippen LogP contribution in [-0.4, -0.2) is 24.1 Å². The zero-order valence-corrected chi connectivity index (χ0v) is 14.2. The minimum atomic E-state index is -0.435. The van der Waals surface area contributed by atoms with Crippen LogP contribution in [0.5, 0.6) is 0 Å². The van der Waals surface area contributed by atoms with Crippen molar-refractivity contribution in [2.75, 3.05) is 0 Å². The summed E-state index contributed by atoms with van der Waals surface area (Å²) in [6.07, 6.45) is 13.0. The van der Waals surface area contributed by atoms with Crippen LogP contribution in [0.3, 0.4) is 0 Å². The van der Waals surface area contributed by atoms with Crippen molar-refractivity contribution in [2.45, 2.75) is 95.7 Å². The van der Waals surface area contributed by atoms with Gasteiger partial charge in [0, 0.05) is 5.57 Å². The van der Waals surface area contributed by atoms with E-state index in [1.54, 1.807) is 0 Å². The second-order valence-electron chi connectivity index (χ2n) is 6.90. The summed E-state index contributed by atoms with van der Waals surface area (Å²) in [5, 5.41) is 0. The second kappa shape index (κ2) is 9.74. The first-order chi connectivity index (χ1) is 11.1. The van der Waals surface area contributed by atoms with E-state index in [4.69, 9.17) is 9.47 Å². The van der Waals surface area contributed by atoms with Gasteiger partial charge in [0.05, 0.1) is 6.42 Å². The zero-order valence-electron chi connectivity index (χ0n) is 14.2. The molecule has 2 fully saturated rings. The van der Waals surface area contributed by atoms with Gasteiger partial charge in [0.25, 0.3) is 0 Å². The molecule has 2 saturated carbocycles. The molecule has 0 heterocycles. The fourth-order valence-corrected chi connectivity index (χ4v) is 3.43. The molecule has 0 N–H and O–H groups in total. The van der Waals surface area contributed by atoms with Crippen molar-refractivity contribution in [2.24, 2.45) is 0 Å². The molecule has 0 saturated heterocycles. The fourth-order valence-electron chi connectivity index (χ4n) is 3.43. The highest BCUT2D eigenvalue weighted by Gasteiger charge is 2.22. The first-order valence-electron chi connectivity index (χ1n) is 9.23. The van der Waals surface area contributed by atoms with Crippen molar-refractivity contribution in [3.63, 3.8) is 0 Å². The molecular weight excluding hydrogens is 292 g/mol. The van der Waals surface area contributed by atoms with Gasteiger partial charge in [-0.2, -0.15) is 0 Å². The van der Waals surface area contributed by atoms with Crippen molar-refractivity contribution in [3.05, 3.63) is 12.2 Å². The summed E-state index contributed by atoms with van der Waals surface area (Å²) in [4.78, 5) is 24.1. The number of carbonyl (C=O) groups excluding carboxylic acids is 2. The summed E-state index contributed by atoms with van der Waals surface area (Å²) in [5.74, 6) is -0.783. The molecule has 2 aliphatic carbocycles. The van der Waals surface area contributed by atoms with Crippen molar-refractivity contribution < 1.29 is 19.1 Å². The lowest BCUT2D eigenvalue weighted by atomic mass is 10.1. The SMILES string of the molecule is C=C(CC(=O)OC1CCCCCC1)C(=O)OC1CCCCCC1. The Bertz CT molecular complexity index is 400. The number of ether oxygens (including phenoxy) is 2. The van der Waals surface area contributed by atoms with E-state index < -0.39 is 5.97 Å². The molecule has 0 aromatic heterocycles. The van der Waals surface area contributed by atoms with Crippen LogP contribution in [0.2, 0.25) is 0 Å². The molecule has 0 aromatic rings. The summed E-state index contributed by atoms with van der Waals surface area (Å²) >= 11 is 0. The van der Waals surface area contributed by atoms with E-state index in [-0.39, 0.29) is 30.2 Å². The van der Waals surface area contributed by atoms with Gasteiger partial charge in [-0.15, -0.1) is 0 Å². The van der Waals surface area contributed by atoms with E-state index in [0.717, 1.165) is 51.4 Å². The monoisotopic (exact) mass is 322 g/mol. The van der Waals surface area contributed by atoms with Crippen LogP contribution in [0.4, 0.5) is 0 Å². The second-order valence-corrected chi connectivity index (χ2v) is 6.90. The maximum Gasteiger partial charge on any atom is 0.334 e. The molecule has 0 atom stereocenters. The van der Waals surface area contributed by atoms with E-state index in [1.807, 2.05) is 0 Å². The molecule has 0 amide bonds. The third kappa shape index (κ3) is 6.76. The van der Waals surface area contributed by atoms with Crippen LogP contribution in [0, 0.1) is 0 Å². The molecule has 130 valence electrons. The largest absolute Gasteiger partial charge is 0.462 e. The predicted molar refractivity (Wildman–Crippen MR) is 88.9 cm³/mol. The van der Waals surface area contributed by atoms with Gasteiger partial charge in [0.1, 0.15) is 12.2 Å². The van der Waals surface area contributed by atoms with Gasteiger partial charge < -0.3 is 9.47 Å². The van der Waals surface area contributed by atoms with Crippen LogP contribution in [0.25, 0.3) is 0 Å². The van der Waals surface area contributed by atoms with E-state index in [1.165, 1.54) is 25.7 Å². The van der Waals surface area contributed by atoms with Gasteiger partial charge in [-0.25, -0.2) is 4.79 Å². The van der Waals surface area contributed by atoms with Crippen molar-refractivity contribution >= 4 is 11.9 Å². The van der Waals surface area contributed by atoms with Gasteiger partial charge in [0.2, 0.25) is 0 Å². The third-order valence-corrected chi connectivity index (χ3v) is 4.82. The Morgan fingerprint density at radius 1 is 0.739 bits per heavy atom. The zero-order chi connectivity index (χ0) is 16.5. The minimum absolute atomic E-state index is 0.00989. The summed E-state index contributed by atoms with van der Waals surface area (Å²) < 4.78 is 11.0. The van der Waals surface area contributed by atoms with Crippen molar-refractivity contribution in [1.82, 2.24) is 0 Å². The van der Waals surface area contributed by atoms with E-state index in [9.17, 15) is 9.59 Å². The summed E-state index contributed by atoms with van der Waals surface area (Å²) in [5.41, 5.74) is 0.216. The predicted octanol–water partition coefficient (Wildman–Crippen LogP) is 4.46. The first kappa shape index (κ1) is 18.0. The molecule has 0 bridgehead atoms.